The average Bonchev–Trinajstić information content (AvgIpc) is 3.37. The van der Waals surface area contributed by atoms with E-state index in [1.54, 1.807) is 19.2 Å². The lowest BCUT2D eigenvalue weighted by atomic mass is 9.95. The van der Waals surface area contributed by atoms with E-state index in [-0.39, 0.29) is 5.41 Å². The van der Waals surface area contributed by atoms with E-state index < -0.39 is 10.0 Å². The summed E-state index contributed by atoms with van der Waals surface area (Å²) in [4.78, 5) is 3.61. The summed E-state index contributed by atoms with van der Waals surface area (Å²) in [5.41, 5.74) is 3.16. The maximum absolute atomic E-state index is 12.7. The Hall–Kier alpha value is -2.31. The number of hydrogen-bond donors (Lipinski definition) is 2. The molecule has 0 bridgehead atoms. The summed E-state index contributed by atoms with van der Waals surface area (Å²) < 4.78 is 33.6. The molecule has 0 aliphatic heterocycles. The first-order valence-electron chi connectivity index (χ1n) is 9.22. The van der Waals surface area contributed by atoms with E-state index in [4.69, 9.17) is 4.74 Å². The molecule has 4 rings (SSSR count). The Morgan fingerprint density at radius 3 is 2.52 bits per heavy atom. The lowest BCUT2D eigenvalue weighted by molar-refractivity contribution is 0.415. The Kier molecular flexibility index (Phi) is 4.48. The minimum Gasteiger partial charge on any atom is -0.497 e. The molecule has 6 heteroatoms. The van der Waals surface area contributed by atoms with Gasteiger partial charge in [0.25, 0.3) is 0 Å². The molecule has 27 heavy (non-hydrogen) atoms. The van der Waals surface area contributed by atoms with E-state index >= 15 is 0 Å². The first kappa shape index (κ1) is 18.1. The highest BCUT2D eigenvalue weighted by atomic mass is 32.2. The molecule has 2 aromatic carbocycles. The number of hydrogen-bond acceptors (Lipinski definition) is 3. The third-order valence-electron chi connectivity index (χ3n) is 5.56. The van der Waals surface area contributed by atoms with Gasteiger partial charge in [0.1, 0.15) is 5.75 Å². The van der Waals surface area contributed by atoms with Gasteiger partial charge in [-0.15, -0.1) is 0 Å². The molecular weight excluding hydrogens is 360 g/mol. The highest BCUT2D eigenvalue weighted by molar-refractivity contribution is 7.89. The van der Waals surface area contributed by atoms with E-state index in [1.807, 2.05) is 36.5 Å². The van der Waals surface area contributed by atoms with Crippen molar-refractivity contribution in [1.29, 1.82) is 0 Å². The number of rotatable bonds is 7. The van der Waals surface area contributed by atoms with Crippen LogP contribution in [0.15, 0.2) is 53.6 Å². The number of nitrogens with one attached hydrogen (secondary N) is 2. The molecule has 1 saturated carbocycles. The molecule has 1 aliphatic rings. The van der Waals surface area contributed by atoms with Crippen molar-refractivity contribution in [2.45, 2.75) is 36.5 Å². The molecule has 0 spiro atoms. The zero-order valence-electron chi connectivity index (χ0n) is 15.6. The number of methoxy groups -OCH3 is 1. The number of fused-ring (bicyclic) bond motifs is 1. The van der Waals surface area contributed by atoms with Gasteiger partial charge in [-0.1, -0.05) is 19.1 Å². The molecule has 1 fully saturated rings. The van der Waals surface area contributed by atoms with Crippen LogP contribution < -0.4 is 9.46 Å². The second-order valence-electron chi connectivity index (χ2n) is 7.22. The molecule has 0 radical (unpaired) electrons. The lowest BCUT2D eigenvalue weighted by Gasteiger charge is -2.16. The zero-order valence-corrected chi connectivity index (χ0v) is 16.4. The fraction of sp³-hybridized carbons (Fsp3) is 0.333. The Balaban J connectivity index is 1.57. The normalized spacial score (nSPS) is 15.8. The second-order valence-corrected chi connectivity index (χ2v) is 8.98. The minimum atomic E-state index is -3.52. The van der Waals surface area contributed by atoms with Crippen molar-refractivity contribution >= 4 is 20.9 Å². The van der Waals surface area contributed by atoms with Crippen LogP contribution in [0.5, 0.6) is 5.75 Å². The van der Waals surface area contributed by atoms with Gasteiger partial charge in [0.2, 0.25) is 10.0 Å². The van der Waals surface area contributed by atoms with Gasteiger partial charge >= 0.3 is 0 Å². The fourth-order valence-electron chi connectivity index (χ4n) is 3.58. The Bertz CT molecular complexity index is 1060. The summed E-state index contributed by atoms with van der Waals surface area (Å²) in [6, 6.07) is 13.0. The van der Waals surface area contributed by atoms with Gasteiger partial charge in [-0.25, -0.2) is 13.1 Å². The van der Waals surface area contributed by atoms with E-state index in [9.17, 15) is 8.42 Å². The van der Waals surface area contributed by atoms with Crippen LogP contribution in [-0.4, -0.2) is 27.1 Å². The predicted octanol–water partition coefficient (Wildman–Crippen LogP) is 3.75. The highest BCUT2D eigenvalue weighted by Gasteiger charge is 2.46. The largest absolute Gasteiger partial charge is 0.497 e. The number of benzene rings is 2. The predicted molar refractivity (Wildman–Crippen MR) is 107 cm³/mol. The molecule has 0 unspecified atom stereocenters. The summed E-state index contributed by atoms with van der Waals surface area (Å²) in [6.45, 7) is 2.45. The number of ether oxygens (including phenoxy) is 1. The van der Waals surface area contributed by atoms with E-state index in [0.717, 1.165) is 47.0 Å². The van der Waals surface area contributed by atoms with Gasteiger partial charge in [0, 0.05) is 29.1 Å². The van der Waals surface area contributed by atoms with E-state index in [2.05, 4.69) is 16.6 Å². The molecule has 0 atom stereocenters. The van der Waals surface area contributed by atoms with Crippen molar-refractivity contribution in [3.05, 3.63) is 59.8 Å². The molecule has 3 aromatic rings. The maximum atomic E-state index is 12.7. The third kappa shape index (κ3) is 3.35. The number of aromatic amines is 1. The maximum Gasteiger partial charge on any atom is 0.240 e. The molecule has 1 aromatic heterocycles. The van der Waals surface area contributed by atoms with Crippen LogP contribution in [0, 0.1) is 0 Å². The SMILES string of the molecule is CCc1ccc(S(=O)(=O)NCC2(c3c[nH]c4ccc(OC)cc34)CC2)cc1. The van der Waals surface area contributed by atoms with Crippen molar-refractivity contribution in [3.8, 4) is 5.75 Å². The molecule has 142 valence electrons. The van der Waals surface area contributed by atoms with Crippen molar-refractivity contribution < 1.29 is 13.2 Å². The number of sulfonamides is 1. The smallest absolute Gasteiger partial charge is 0.240 e. The van der Waals surface area contributed by atoms with E-state index in [1.165, 1.54) is 0 Å². The summed E-state index contributed by atoms with van der Waals surface area (Å²) in [5.74, 6) is 0.802. The summed E-state index contributed by atoms with van der Waals surface area (Å²) in [5, 5.41) is 1.10. The Labute approximate surface area is 159 Å². The van der Waals surface area contributed by atoms with Crippen LogP contribution >= 0.6 is 0 Å². The first-order chi connectivity index (χ1) is 13.0. The zero-order chi connectivity index (χ0) is 19.1. The highest BCUT2D eigenvalue weighted by Crippen LogP contribution is 2.50. The van der Waals surface area contributed by atoms with Crippen molar-refractivity contribution in [1.82, 2.24) is 9.71 Å². The Morgan fingerprint density at radius 1 is 1.15 bits per heavy atom. The van der Waals surface area contributed by atoms with Crippen LogP contribution in [0.1, 0.15) is 30.9 Å². The van der Waals surface area contributed by atoms with Crippen molar-refractivity contribution in [2.75, 3.05) is 13.7 Å². The molecule has 1 aliphatic carbocycles. The quantitative estimate of drug-likeness (QED) is 0.652. The molecule has 0 saturated heterocycles. The standard InChI is InChI=1S/C21H24N2O3S/c1-3-15-4-7-17(8-5-15)27(24,25)23-14-21(10-11-21)19-13-22-20-9-6-16(26-2)12-18(19)20/h4-9,12-13,22-23H,3,10-11,14H2,1-2H3. The van der Waals surface area contributed by atoms with Crippen molar-refractivity contribution in [2.24, 2.45) is 0 Å². The van der Waals surface area contributed by atoms with Crippen molar-refractivity contribution in [3.63, 3.8) is 0 Å². The van der Waals surface area contributed by atoms with Gasteiger partial charge in [-0.2, -0.15) is 0 Å². The van der Waals surface area contributed by atoms with Gasteiger partial charge in [0.05, 0.1) is 12.0 Å². The van der Waals surface area contributed by atoms with E-state index in [0.29, 0.717) is 11.4 Å². The van der Waals surface area contributed by atoms with Crippen LogP contribution in [0.2, 0.25) is 0 Å². The average molecular weight is 385 g/mol. The number of H-pyrrole nitrogens is 1. The molecular formula is C21H24N2O3S. The first-order valence-corrected chi connectivity index (χ1v) is 10.7. The Morgan fingerprint density at radius 2 is 1.89 bits per heavy atom. The third-order valence-corrected chi connectivity index (χ3v) is 6.97. The van der Waals surface area contributed by atoms with Gasteiger partial charge in [-0.3, -0.25) is 0 Å². The lowest BCUT2D eigenvalue weighted by Crippen LogP contribution is -2.32. The molecule has 0 amide bonds. The molecule has 5 nitrogen and oxygen atoms in total. The summed E-state index contributed by atoms with van der Waals surface area (Å²) >= 11 is 0. The summed E-state index contributed by atoms with van der Waals surface area (Å²) in [7, 11) is -1.87. The summed E-state index contributed by atoms with van der Waals surface area (Å²) in [6.07, 6.45) is 4.82. The molecule has 1 heterocycles. The van der Waals surface area contributed by atoms with Gasteiger partial charge < -0.3 is 9.72 Å². The van der Waals surface area contributed by atoms with Gasteiger partial charge in [0.15, 0.2) is 0 Å². The van der Waals surface area contributed by atoms with Crippen LogP contribution in [-0.2, 0) is 21.9 Å². The fourth-order valence-corrected chi connectivity index (χ4v) is 4.71. The van der Waals surface area contributed by atoms with Crippen LogP contribution in [0.25, 0.3) is 10.9 Å². The minimum absolute atomic E-state index is 0.152. The van der Waals surface area contributed by atoms with Crippen LogP contribution in [0.3, 0.4) is 0 Å². The van der Waals surface area contributed by atoms with Crippen LogP contribution in [0.4, 0.5) is 0 Å². The number of aromatic nitrogens is 1. The number of aryl methyl sites for hydroxylation is 1. The topological polar surface area (TPSA) is 71.2 Å². The molecule has 2 N–H and O–H groups in total. The second kappa shape index (κ2) is 6.69. The monoisotopic (exact) mass is 384 g/mol. The van der Waals surface area contributed by atoms with Gasteiger partial charge in [-0.05, 0) is 60.7 Å².